The normalized spacial score (nSPS) is 17.5. The summed E-state index contributed by atoms with van der Waals surface area (Å²) >= 11 is 13.0. The van der Waals surface area contributed by atoms with E-state index in [0.29, 0.717) is 22.7 Å². The van der Waals surface area contributed by atoms with Crippen LogP contribution in [0.5, 0.6) is 11.5 Å². The summed E-state index contributed by atoms with van der Waals surface area (Å²) in [4.78, 5) is 12.9. The summed E-state index contributed by atoms with van der Waals surface area (Å²) in [6.07, 6.45) is 0. The molecule has 0 unspecified atom stereocenters. The van der Waals surface area contributed by atoms with Gasteiger partial charge in [0, 0.05) is 11.6 Å². The van der Waals surface area contributed by atoms with Crippen LogP contribution in [-0.4, -0.2) is 42.3 Å². The molecule has 2 aromatic rings. The molecule has 156 valence electrons. The van der Waals surface area contributed by atoms with Crippen molar-refractivity contribution >= 4 is 35.9 Å². The van der Waals surface area contributed by atoms with E-state index in [0.717, 1.165) is 4.68 Å². The Balaban J connectivity index is 2.22. The van der Waals surface area contributed by atoms with Gasteiger partial charge in [-0.3, -0.25) is 4.79 Å². The van der Waals surface area contributed by atoms with E-state index < -0.39 is 18.3 Å². The molecule has 0 spiro atoms. The van der Waals surface area contributed by atoms with Gasteiger partial charge in [-0.25, -0.2) is 0 Å². The lowest BCUT2D eigenvalue weighted by molar-refractivity contribution is 0.00578. The molecule has 29 heavy (non-hydrogen) atoms. The highest BCUT2D eigenvalue weighted by molar-refractivity contribution is 6.61. The van der Waals surface area contributed by atoms with Crippen LogP contribution in [0.3, 0.4) is 0 Å². The Morgan fingerprint density at radius 2 is 1.48 bits per heavy atom. The van der Waals surface area contributed by atoms with Crippen molar-refractivity contribution in [2.24, 2.45) is 0 Å². The average molecular weight is 441 g/mol. The molecule has 10 heteroatoms. The molecule has 1 aliphatic heterocycles. The molecular formula is C19H23BCl2N2O5. The third kappa shape index (κ3) is 3.63. The molecule has 2 heterocycles. The summed E-state index contributed by atoms with van der Waals surface area (Å²) in [5.41, 5.74) is -0.473. The van der Waals surface area contributed by atoms with Gasteiger partial charge in [-0.2, -0.15) is 9.78 Å². The molecule has 1 aliphatic rings. The Kier molecular flexibility index (Phi) is 5.68. The second-order valence-corrected chi connectivity index (χ2v) is 8.57. The Bertz CT molecular complexity index is 978. The van der Waals surface area contributed by atoms with Crippen LogP contribution < -0.4 is 20.6 Å². The maximum absolute atomic E-state index is 12.9. The van der Waals surface area contributed by atoms with Crippen LogP contribution in [0, 0.1) is 6.92 Å². The van der Waals surface area contributed by atoms with Crippen molar-refractivity contribution in [3.8, 4) is 17.2 Å². The van der Waals surface area contributed by atoms with Gasteiger partial charge in [0.25, 0.3) is 5.56 Å². The van der Waals surface area contributed by atoms with Gasteiger partial charge in [-0.1, -0.05) is 23.2 Å². The quantitative estimate of drug-likeness (QED) is 0.680. The third-order valence-corrected chi connectivity index (χ3v) is 6.10. The number of halogens is 2. The molecule has 0 atom stereocenters. The minimum atomic E-state index is -0.754. The van der Waals surface area contributed by atoms with Crippen LogP contribution in [0.15, 0.2) is 16.9 Å². The molecule has 1 fully saturated rings. The van der Waals surface area contributed by atoms with Gasteiger partial charge in [0.1, 0.15) is 27.2 Å². The first-order chi connectivity index (χ1) is 13.4. The number of benzene rings is 1. The van der Waals surface area contributed by atoms with Crippen molar-refractivity contribution in [3.05, 3.63) is 38.1 Å². The topological polar surface area (TPSA) is 71.8 Å². The maximum atomic E-state index is 12.9. The number of hydrogen-bond acceptors (Lipinski definition) is 6. The number of aryl methyl sites for hydroxylation is 1. The molecule has 0 radical (unpaired) electrons. The number of nitrogens with zero attached hydrogens (tertiary/aromatic N) is 2. The SMILES string of the molecule is COc1cc(OC)c(Cl)c(-n2nc(B3OC(C)(C)C(C)(C)O3)cc(C)c2=O)c1Cl. The Morgan fingerprint density at radius 1 is 1.00 bits per heavy atom. The number of aromatic nitrogens is 2. The summed E-state index contributed by atoms with van der Waals surface area (Å²) < 4.78 is 23.9. The van der Waals surface area contributed by atoms with Crippen LogP contribution in [0.1, 0.15) is 33.3 Å². The van der Waals surface area contributed by atoms with Crippen molar-refractivity contribution in [3.63, 3.8) is 0 Å². The highest BCUT2D eigenvalue weighted by Gasteiger charge is 2.52. The number of ether oxygens (including phenoxy) is 2. The molecule has 0 amide bonds. The molecule has 1 aromatic carbocycles. The summed E-state index contributed by atoms with van der Waals surface area (Å²) in [6, 6.07) is 3.18. The highest BCUT2D eigenvalue weighted by Crippen LogP contribution is 2.42. The van der Waals surface area contributed by atoms with E-state index in [1.54, 1.807) is 19.1 Å². The van der Waals surface area contributed by atoms with Crippen molar-refractivity contribution in [2.75, 3.05) is 14.2 Å². The largest absolute Gasteiger partial charge is 0.516 e. The Hall–Kier alpha value is -1.74. The number of methoxy groups -OCH3 is 2. The molecule has 1 saturated heterocycles. The first-order valence-corrected chi connectivity index (χ1v) is 9.76. The minimum absolute atomic E-state index is 0.137. The lowest BCUT2D eigenvalue weighted by Crippen LogP contribution is -2.42. The van der Waals surface area contributed by atoms with Crippen LogP contribution >= 0.6 is 23.2 Å². The van der Waals surface area contributed by atoms with Gasteiger partial charge < -0.3 is 18.8 Å². The molecule has 7 nitrogen and oxygen atoms in total. The molecule has 0 bridgehead atoms. The van der Waals surface area contributed by atoms with E-state index in [-0.39, 0.29) is 21.3 Å². The van der Waals surface area contributed by atoms with Gasteiger partial charge in [0.2, 0.25) is 0 Å². The van der Waals surface area contributed by atoms with Crippen molar-refractivity contribution in [2.45, 2.75) is 45.8 Å². The summed E-state index contributed by atoms with van der Waals surface area (Å²) in [6.45, 7) is 9.44. The van der Waals surface area contributed by atoms with Crippen LogP contribution in [-0.2, 0) is 9.31 Å². The van der Waals surface area contributed by atoms with Gasteiger partial charge in [0.15, 0.2) is 0 Å². The predicted octanol–water partition coefficient (Wildman–Crippen LogP) is 3.16. The Morgan fingerprint density at radius 3 is 1.93 bits per heavy atom. The molecule has 1 aromatic heterocycles. The van der Waals surface area contributed by atoms with Crippen molar-refractivity contribution < 1.29 is 18.8 Å². The average Bonchev–Trinajstić information content (AvgIpc) is 2.86. The molecule has 0 N–H and O–H groups in total. The summed E-state index contributed by atoms with van der Waals surface area (Å²) in [5, 5.41) is 4.74. The van der Waals surface area contributed by atoms with Gasteiger partial charge in [-0.15, -0.1) is 0 Å². The fourth-order valence-electron chi connectivity index (χ4n) is 2.93. The summed E-state index contributed by atoms with van der Waals surface area (Å²) in [5.74, 6) is 0.602. The second-order valence-electron chi connectivity index (χ2n) is 7.82. The van der Waals surface area contributed by atoms with E-state index in [2.05, 4.69) is 5.10 Å². The van der Waals surface area contributed by atoms with Gasteiger partial charge in [0.05, 0.1) is 31.0 Å². The maximum Gasteiger partial charge on any atom is 0.516 e. The van der Waals surface area contributed by atoms with E-state index in [1.807, 2.05) is 27.7 Å². The van der Waals surface area contributed by atoms with E-state index >= 15 is 0 Å². The monoisotopic (exact) mass is 440 g/mol. The minimum Gasteiger partial charge on any atom is -0.495 e. The van der Waals surface area contributed by atoms with E-state index in [9.17, 15) is 4.79 Å². The van der Waals surface area contributed by atoms with Crippen LogP contribution in [0.2, 0.25) is 10.0 Å². The first-order valence-electron chi connectivity index (χ1n) is 9.00. The lowest BCUT2D eigenvalue weighted by Gasteiger charge is -2.32. The molecule has 0 saturated carbocycles. The fraction of sp³-hybridized carbons (Fsp3) is 0.474. The van der Waals surface area contributed by atoms with Crippen molar-refractivity contribution in [1.82, 2.24) is 9.78 Å². The second kappa shape index (κ2) is 7.50. The number of hydrogen-bond donors (Lipinski definition) is 0. The van der Waals surface area contributed by atoms with E-state index in [1.165, 1.54) is 14.2 Å². The van der Waals surface area contributed by atoms with Crippen LogP contribution in [0.25, 0.3) is 5.69 Å². The first kappa shape index (κ1) is 22.0. The van der Waals surface area contributed by atoms with Crippen LogP contribution in [0.4, 0.5) is 0 Å². The molecular weight excluding hydrogens is 418 g/mol. The zero-order valence-corrected chi connectivity index (χ0v) is 18.9. The smallest absolute Gasteiger partial charge is 0.495 e. The molecule has 0 aliphatic carbocycles. The number of rotatable bonds is 4. The fourth-order valence-corrected chi connectivity index (χ4v) is 3.59. The lowest BCUT2D eigenvalue weighted by atomic mass is 9.84. The van der Waals surface area contributed by atoms with Crippen molar-refractivity contribution in [1.29, 1.82) is 0 Å². The van der Waals surface area contributed by atoms with Gasteiger partial charge >= 0.3 is 7.12 Å². The van der Waals surface area contributed by atoms with E-state index in [4.69, 9.17) is 42.0 Å². The Labute approximate surface area is 179 Å². The zero-order valence-electron chi connectivity index (χ0n) is 17.4. The third-order valence-electron chi connectivity index (χ3n) is 5.37. The molecule has 3 rings (SSSR count). The predicted molar refractivity (Wildman–Crippen MR) is 113 cm³/mol. The standard InChI is InChI=1S/C19H23BCl2N2O5/c1-10-8-13(20-28-18(2,3)19(4,5)29-20)23-24(17(10)25)16-14(21)11(26-6)9-12(27-7)15(16)22/h8-9H,1-7H3. The van der Waals surface area contributed by atoms with Gasteiger partial charge in [-0.05, 0) is 40.7 Å². The summed E-state index contributed by atoms with van der Waals surface area (Å²) in [7, 11) is 2.16. The zero-order chi connectivity index (χ0) is 21.7. The highest BCUT2D eigenvalue weighted by atomic mass is 35.5.